The molecule has 0 aliphatic carbocycles. The van der Waals surface area contributed by atoms with Gasteiger partial charge in [0.05, 0.1) is 0 Å². The van der Waals surface area contributed by atoms with Crippen molar-refractivity contribution >= 4 is 5.69 Å². The van der Waals surface area contributed by atoms with Crippen LogP contribution in [0.25, 0.3) is 0 Å². The summed E-state index contributed by atoms with van der Waals surface area (Å²) in [6, 6.07) is 8.82. The fourth-order valence-corrected chi connectivity index (χ4v) is 2.08. The lowest BCUT2D eigenvalue weighted by Gasteiger charge is -2.17. The van der Waals surface area contributed by atoms with Crippen molar-refractivity contribution in [3.8, 4) is 0 Å². The van der Waals surface area contributed by atoms with Crippen LogP contribution in [0, 0.1) is 6.92 Å². The Morgan fingerprint density at radius 1 is 0.941 bits per heavy atom. The van der Waals surface area contributed by atoms with Crippen LogP contribution in [0.5, 0.6) is 0 Å². The van der Waals surface area contributed by atoms with E-state index in [0.29, 0.717) is 0 Å². The lowest BCUT2D eigenvalue weighted by atomic mass is 10.2. The van der Waals surface area contributed by atoms with E-state index in [4.69, 9.17) is 0 Å². The number of rotatable bonds is 3. The van der Waals surface area contributed by atoms with Crippen LogP contribution in [-0.4, -0.2) is 13.1 Å². The number of benzene rings is 1. The largest absolute Gasteiger partial charge is 0.372 e. The Morgan fingerprint density at radius 3 is 1.88 bits per heavy atom. The van der Waals surface area contributed by atoms with Crippen LogP contribution in [0.3, 0.4) is 0 Å². The first-order valence-corrected chi connectivity index (χ1v) is 7.09. The predicted molar refractivity (Wildman–Crippen MR) is 77.8 cm³/mol. The Morgan fingerprint density at radius 2 is 1.47 bits per heavy atom. The van der Waals surface area contributed by atoms with Crippen molar-refractivity contribution in [3.05, 3.63) is 29.8 Å². The van der Waals surface area contributed by atoms with Crippen LogP contribution in [0.4, 0.5) is 5.69 Å². The standard InChI is InChI=1S/C11H15N.C5H12/c1-10-4-6-11(7-5-10)12-8-2-3-9-12;1-3-5-4-2/h4-7H,2-3,8-9H2,1H3;3-5H2,1-2H3. The summed E-state index contributed by atoms with van der Waals surface area (Å²) in [6.45, 7) is 9.03. The summed E-state index contributed by atoms with van der Waals surface area (Å²) in [7, 11) is 0. The number of nitrogens with zero attached hydrogens (tertiary/aromatic N) is 1. The minimum absolute atomic E-state index is 1.24. The average Bonchev–Trinajstić information content (AvgIpc) is 2.85. The minimum Gasteiger partial charge on any atom is -0.372 e. The monoisotopic (exact) mass is 233 g/mol. The van der Waals surface area contributed by atoms with Gasteiger partial charge in [0.1, 0.15) is 0 Å². The normalized spacial score (nSPS) is 14.4. The SMILES string of the molecule is CCCCC.Cc1ccc(N2CCCC2)cc1. The van der Waals surface area contributed by atoms with Gasteiger partial charge in [0, 0.05) is 18.8 Å². The molecule has 1 aliphatic rings. The number of anilines is 1. The summed E-state index contributed by atoms with van der Waals surface area (Å²) >= 11 is 0. The Hall–Kier alpha value is -0.980. The second-order valence-electron chi connectivity index (χ2n) is 4.88. The first-order chi connectivity index (χ1) is 8.27. The molecule has 0 aromatic heterocycles. The Balaban J connectivity index is 0.000000249. The van der Waals surface area contributed by atoms with Crippen molar-refractivity contribution in [3.63, 3.8) is 0 Å². The number of hydrogen-bond acceptors (Lipinski definition) is 1. The first kappa shape index (κ1) is 14.1. The van der Waals surface area contributed by atoms with Gasteiger partial charge in [0.15, 0.2) is 0 Å². The molecule has 1 saturated heterocycles. The Kier molecular flexibility index (Phi) is 6.76. The maximum absolute atomic E-state index is 2.46. The summed E-state index contributed by atoms with van der Waals surface area (Å²) in [4.78, 5) is 2.46. The fourth-order valence-electron chi connectivity index (χ4n) is 2.08. The molecule has 0 bridgehead atoms. The molecule has 0 amide bonds. The van der Waals surface area contributed by atoms with Crippen LogP contribution < -0.4 is 4.90 Å². The highest BCUT2D eigenvalue weighted by Crippen LogP contribution is 2.19. The van der Waals surface area contributed by atoms with E-state index in [-0.39, 0.29) is 0 Å². The molecule has 0 atom stereocenters. The topological polar surface area (TPSA) is 3.24 Å². The van der Waals surface area contributed by atoms with Crippen LogP contribution in [0.1, 0.15) is 51.5 Å². The van der Waals surface area contributed by atoms with E-state index in [1.165, 1.54) is 56.4 Å². The van der Waals surface area contributed by atoms with Crippen molar-refractivity contribution in [2.24, 2.45) is 0 Å². The van der Waals surface area contributed by atoms with Gasteiger partial charge in [-0.2, -0.15) is 0 Å². The highest BCUT2D eigenvalue weighted by atomic mass is 15.1. The zero-order valence-corrected chi connectivity index (χ0v) is 11.7. The second kappa shape index (κ2) is 8.16. The van der Waals surface area contributed by atoms with Crippen molar-refractivity contribution < 1.29 is 0 Å². The Labute approximate surface area is 107 Å². The maximum atomic E-state index is 2.46. The lowest BCUT2D eigenvalue weighted by molar-refractivity contribution is 0.772. The highest BCUT2D eigenvalue weighted by molar-refractivity contribution is 5.48. The molecule has 0 N–H and O–H groups in total. The zero-order valence-electron chi connectivity index (χ0n) is 11.7. The van der Waals surface area contributed by atoms with Crippen LogP contribution in [-0.2, 0) is 0 Å². The summed E-state index contributed by atoms with van der Waals surface area (Å²) in [5.74, 6) is 0. The molecule has 1 heteroatoms. The predicted octanol–water partition coefficient (Wildman–Crippen LogP) is 4.79. The molecule has 0 radical (unpaired) electrons. The fraction of sp³-hybridized carbons (Fsp3) is 0.625. The van der Waals surface area contributed by atoms with E-state index in [1.54, 1.807) is 0 Å². The van der Waals surface area contributed by atoms with Gasteiger partial charge >= 0.3 is 0 Å². The van der Waals surface area contributed by atoms with Gasteiger partial charge in [-0.1, -0.05) is 50.8 Å². The van der Waals surface area contributed by atoms with Gasteiger partial charge in [0.25, 0.3) is 0 Å². The molecular weight excluding hydrogens is 206 g/mol. The van der Waals surface area contributed by atoms with Crippen LogP contribution in [0.2, 0.25) is 0 Å². The molecule has 2 rings (SSSR count). The molecular formula is C16H27N. The number of hydrogen-bond donors (Lipinski definition) is 0. The van der Waals surface area contributed by atoms with Gasteiger partial charge in [-0.25, -0.2) is 0 Å². The lowest BCUT2D eigenvalue weighted by Crippen LogP contribution is -2.17. The first-order valence-electron chi connectivity index (χ1n) is 7.09. The molecule has 96 valence electrons. The molecule has 1 aromatic rings. The van der Waals surface area contributed by atoms with Crippen molar-refractivity contribution in [1.82, 2.24) is 0 Å². The van der Waals surface area contributed by atoms with Crippen LogP contribution >= 0.6 is 0 Å². The van der Waals surface area contributed by atoms with Crippen molar-refractivity contribution in [2.75, 3.05) is 18.0 Å². The summed E-state index contributed by atoms with van der Waals surface area (Å²) in [5, 5.41) is 0. The van der Waals surface area contributed by atoms with Gasteiger partial charge in [-0.05, 0) is 31.9 Å². The van der Waals surface area contributed by atoms with E-state index >= 15 is 0 Å². The summed E-state index contributed by atoms with van der Waals surface area (Å²) < 4.78 is 0. The van der Waals surface area contributed by atoms with E-state index in [1.807, 2.05) is 0 Å². The highest BCUT2D eigenvalue weighted by Gasteiger charge is 2.10. The number of aryl methyl sites for hydroxylation is 1. The molecule has 17 heavy (non-hydrogen) atoms. The third kappa shape index (κ3) is 5.25. The van der Waals surface area contributed by atoms with Gasteiger partial charge in [-0.3, -0.25) is 0 Å². The van der Waals surface area contributed by atoms with E-state index in [0.717, 1.165) is 0 Å². The van der Waals surface area contributed by atoms with Crippen molar-refractivity contribution in [1.29, 1.82) is 0 Å². The zero-order chi connectivity index (χ0) is 12.5. The van der Waals surface area contributed by atoms with E-state index in [9.17, 15) is 0 Å². The molecule has 1 aromatic carbocycles. The quantitative estimate of drug-likeness (QED) is 0.725. The molecule has 1 heterocycles. The average molecular weight is 233 g/mol. The molecule has 1 fully saturated rings. The van der Waals surface area contributed by atoms with Crippen molar-refractivity contribution in [2.45, 2.75) is 52.9 Å². The summed E-state index contributed by atoms with van der Waals surface area (Å²) in [6.07, 6.45) is 6.79. The minimum atomic E-state index is 1.24. The molecule has 0 spiro atoms. The van der Waals surface area contributed by atoms with Gasteiger partial charge < -0.3 is 4.90 Å². The Bertz CT molecular complexity index is 281. The van der Waals surface area contributed by atoms with Gasteiger partial charge in [-0.15, -0.1) is 0 Å². The molecule has 0 unspecified atom stereocenters. The molecule has 0 saturated carbocycles. The van der Waals surface area contributed by atoms with E-state index in [2.05, 4.69) is 49.9 Å². The van der Waals surface area contributed by atoms with Gasteiger partial charge in [0.2, 0.25) is 0 Å². The van der Waals surface area contributed by atoms with Crippen LogP contribution in [0.15, 0.2) is 24.3 Å². The second-order valence-corrected chi connectivity index (χ2v) is 4.88. The third-order valence-corrected chi connectivity index (χ3v) is 3.21. The maximum Gasteiger partial charge on any atom is 0.0366 e. The summed E-state index contributed by atoms with van der Waals surface area (Å²) in [5.41, 5.74) is 2.73. The number of unbranched alkanes of at least 4 members (excludes halogenated alkanes) is 2. The van der Waals surface area contributed by atoms with E-state index < -0.39 is 0 Å². The molecule has 1 aliphatic heterocycles. The molecule has 1 nitrogen and oxygen atoms in total. The third-order valence-electron chi connectivity index (χ3n) is 3.21. The smallest absolute Gasteiger partial charge is 0.0366 e.